The molecule has 0 radical (unpaired) electrons. The van der Waals surface area contributed by atoms with E-state index in [9.17, 15) is 0 Å². The van der Waals surface area contributed by atoms with Gasteiger partial charge < -0.3 is 0 Å². The quantitative estimate of drug-likeness (QED) is 0.428. The van der Waals surface area contributed by atoms with Gasteiger partial charge in [-0.05, 0) is 42.9 Å². The third-order valence-corrected chi connectivity index (χ3v) is 4.98. The molecule has 1 heteroatoms. The summed E-state index contributed by atoms with van der Waals surface area (Å²) >= 11 is 3.80. The van der Waals surface area contributed by atoms with Crippen molar-refractivity contribution >= 4 is 15.9 Å². The number of alkyl halides is 1. The first-order chi connectivity index (χ1) is 5.36. The van der Waals surface area contributed by atoms with Crippen LogP contribution in [0.1, 0.15) is 19.3 Å². The maximum absolute atomic E-state index is 3.80. The predicted molar refractivity (Wildman–Crippen MR) is 49.7 cm³/mol. The zero-order valence-corrected chi connectivity index (χ0v) is 8.13. The molecule has 0 amide bonds. The van der Waals surface area contributed by atoms with Crippen molar-refractivity contribution in [1.82, 2.24) is 0 Å². The van der Waals surface area contributed by atoms with Gasteiger partial charge in [0, 0.05) is 4.83 Å². The minimum atomic E-state index is 0.855. The normalized spacial score (nSPS) is 58.8. The van der Waals surface area contributed by atoms with Gasteiger partial charge in [0.15, 0.2) is 0 Å². The zero-order chi connectivity index (χ0) is 7.42. The molecule has 0 spiro atoms. The molecule has 60 valence electrons. The summed E-state index contributed by atoms with van der Waals surface area (Å²) in [7, 11) is 0. The van der Waals surface area contributed by atoms with Crippen LogP contribution in [0.3, 0.4) is 0 Å². The summed E-state index contributed by atoms with van der Waals surface area (Å²) in [4.78, 5) is 0.855. The van der Waals surface area contributed by atoms with Crippen molar-refractivity contribution in [3.05, 3.63) is 12.2 Å². The highest BCUT2D eigenvalue weighted by Crippen LogP contribution is 2.58. The van der Waals surface area contributed by atoms with E-state index in [1.54, 1.807) is 0 Å². The third-order valence-electron chi connectivity index (χ3n) is 3.92. The Kier molecular flexibility index (Phi) is 1.30. The molecular formula is C10H13Br. The van der Waals surface area contributed by atoms with E-state index < -0.39 is 0 Å². The fourth-order valence-electron chi connectivity index (χ4n) is 3.47. The minimum absolute atomic E-state index is 0.855. The van der Waals surface area contributed by atoms with Crippen LogP contribution >= 0.6 is 15.9 Å². The summed E-state index contributed by atoms with van der Waals surface area (Å²) in [6.07, 6.45) is 9.20. The molecular weight excluding hydrogens is 200 g/mol. The van der Waals surface area contributed by atoms with Crippen LogP contribution in [0.15, 0.2) is 12.2 Å². The minimum Gasteiger partial charge on any atom is -0.0887 e. The van der Waals surface area contributed by atoms with Crippen molar-refractivity contribution in [1.29, 1.82) is 0 Å². The second-order valence-electron chi connectivity index (χ2n) is 4.32. The van der Waals surface area contributed by atoms with Gasteiger partial charge >= 0.3 is 0 Å². The van der Waals surface area contributed by atoms with Crippen LogP contribution in [0.2, 0.25) is 0 Å². The summed E-state index contributed by atoms with van der Waals surface area (Å²) in [5.41, 5.74) is 0. The van der Waals surface area contributed by atoms with Crippen LogP contribution in [0.5, 0.6) is 0 Å². The molecule has 0 aliphatic heterocycles. The van der Waals surface area contributed by atoms with Crippen molar-refractivity contribution in [3.8, 4) is 0 Å². The molecule has 3 aliphatic carbocycles. The summed E-state index contributed by atoms with van der Waals surface area (Å²) in [6.45, 7) is 0. The van der Waals surface area contributed by atoms with Crippen molar-refractivity contribution in [2.75, 3.05) is 0 Å². The monoisotopic (exact) mass is 212 g/mol. The second-order valence-corrected chi connectivity index (χ2v) is 5.49. The first-order valence-electron chi connectivity index (χ1n) is 4.67. The highest BCUT2D eigenvalue weighted by molar-refractivity contribution is 9.09. The van der Waals surface area contributed by atoms with E-state index in [4.69, 9.17) is 0 Å². The van der Waals surface area contributed by atoms with E-state index in [2.05, 4.69) is 28.1 Å². The second kappa shape index (κ2) is 2.12. The molecule has 2 bridgehead atoms. The van der Waals surface area contributed by atoms with Gasteiger partial charge in [-0.25, -0.2) is 0 Å². The maximum atomic E-state index is 3.80. The van der Waals surface area contributed by atoms with E-state index in [1.807, 2.05) is 0 Å². The number of hydrogen-bond donors (Lipinski definition) is 0. The average Bonchev–Trinajstić information content (AvgIpc) is 2.52. The van der Waals surface area contributed by atoms with Crippen molar-refractivity contribution in [2.45, 2.75) is 24.1 Å². The highest BCUT2D eigenvalue weighted by Gasteiger charge is 2.51. The standard InChI is InChI=1S/C10H13Br/c11-10-5-6-4-9(10)8-3-1-2-7(6)8/h1-2,6-10H,3-5H2/t6-,7?,8?,9-,10+/m1/s1. The number of halogens is 1. The van der Waals surface area contributed by atoms with Gasteiger partial charge in [-0.3, -0.25) is 0 Å². The molecule has 2 saturated carbocycles. The SMILES string of the molecule is Br[C@H]1C[C@H]2C[C@@H]1C1CC=CC12. The molecule has 0 heterocycles. The Morgan fingerprint density at radius 1 is 1.18 bits per heavy atom. The van der Waals surface area contributed by atoms with Gasteiger partial charge in [-0.1, -0.05) is 28.1 Å². The Balaban J connectivity index is 1.94. The summed E-state index contributed by atoms with van der Waals surface area (Å²) < 4.78 is 0. The Hall–Kier alpha value is 0.220. The molecule has 3 rings (SSSR count). The zero-order valence-electron chi connectivity index (χ0n) is 6.54. The molecule has 0 aromatic rings. The van der Waals surface area contributed by atoms with Crippen molar-refractivity contribution in [3.63, 3.8) is 0 Å². The lowest BCUT2D eigenvalue weighted by Crippen LogP contribution is -2.24. The van der Waals surface area contributed by atoms with Crippen LogP contribution in [-0.2, 0) is 0 Å². The molecule has 0 nitrogen and oxygen atoms in total. The number of rotatable bonds is 0. The molecule has 0 aromatic heterocycles. The average molecular weight is 213 g/mol. The largest absolute Gasteiger partial charge is 0.0887 e. The lowest BCUT2D eigenvalue weighted by atomic mass is 9.81. The van der Waals surface area contributed by atoms with Crippen molar-refractivity contribution in [2.24, 2.45) is 23.7 Å². The number of allylic oxidation sites excluding steroid dienone is 2. The highest BCUT2D eigenvalue weighted by atomic mass is 79.9. The van der Waals surface area contributed by atoms with Crippen molar-refractivity contribution < 1.29 is 0 Å². The summed E-state index contributed by atoms with van der Waals surface area (Å²) in [5, 5.41) is 0. The lowest BCUT2D eigenvalue weighted by Gasteiger charge is -2.27. The van der Waals surface area contributed by atoms with Crippen LogP contribution < -0.4 is 0 Å². The molecule has 2 fully saturated rings. The van der Waals surface area contributed by atoms with Crippen LogP contribution in [0, 0.1) is 23.7 Å². The van der Waals surface area contributed by atoms with E-state index in [-0.39, 0.29) is 0 Å². The molecule has 3 aliphatic rings. The predicted octanol–water partition coefficient (Wildman–Crippen LogP) is 2.98. The van der Waals surface area contributed by atoms with E-state index >= 15 is 0 Å². The fourth-order valence-corrected chi connectivity index (χ4v) is 4.56. The number of fused-ring (bicyclic) bond motifs is 5. The molecule has 0 saturated heterocycles. The Morgan fingerprint density at radius 2 is 2.09 bits per heavy atom. The fraction of sp³-hybridized carbons (Fsp3) is 0.800. The molecule has 11 heavy (non-hydrogen) atoms. The molecule has 0 aromatic carbocycles. The van der Waals surface area contributed by atoms with Crippen LogP contribution in [0.25, 0.3) is 0 Å². The van der Waals surface area contributed by atoms with Gasteiger partial charge in [0.1, 0.15) is 0 Å². The number of hydrogen-bond acceptors (Lipinski definition) is 0. The Morgan fingerprint density at radius 3 is 3.00 bits per heavy atom. The molecule has 5 atom stereocenters. The Bertz CT molecular complexity index is 209. The molecule has 2 unspecified atom stereocenters. The van der Waals surface area contributed by atoms with E-state index in [0.717, 1.165) is 28.5 Å². The third kappa shape index (κ3) is 0.756. The molecule has 0 N–H and O–H groups in total. The topological polar surface area (TPSA) is 0 Å². The van der Waals surface area contributed by atoms with Gasteiger partial charge in [-0.2, -0.15) is 0 Å². The van der Waals surface area contributed by atoms with Gasteiger partial charge in [-0.15, -0.1) is 0 Å². The summed E-state index contributed by atoms with van der Waals surface area (Å²) in [5.74, 6) is 4.06. The van der Waals surface area contributed by atoms with Gasteiger partial charge in [0.25, 0.3) is 0 Å². The Labute approximate surface area is 76.2 Å². The van der Waals surface area contributed by atoms with E-state index in [1.165, 1.54) is 19.3 Å². The van der Waals surface area contributed by atoms with E-state index in [0.29, 0.717) is 0 Å². The van der Waals surface area contributed by atoms with Gasteiger partial charge in [0.05, 0.1) is 0 Å². The van der Waals surface area contributed by atoms with Crippen LogP contribution in [-0.4, -0.2) is 4.83 Å². The van der Waals surface area contributed by atoms with Gasteiger partial charge in [0.2, 0.25) is 0 Å². The van der Waals surface area contributed by atoms with Crippen LogP contribution in [0.4, 0.5) is 0 Å². The first-order valence-corrected chi connectivity index (χ1v) is 5.58. The maximum Gasteiger partial charge on any atom is 0.0180 e. The first kappa shape index (κ1) is 6.71. The smallest absolute Gasteiger partial charge is 0.0180 e. The lowest BCUT2D eigenvalue weighted by molar-refractivity contribution is 0.295. The summed E-state index contributed by atoms with van der Waals surface area (Å²) in [6, 6.07) is 0.